The van der Waals surface area contributed by atoms with Gasteiger partial charge in [0.1, 0.15) is 0 Å². The molecule has 1 unspecified atom stereocenters. The molecule has 2 rings (SSSR count). The SMILES string of the molecule is CC(NC(=O)c1cc([N+](=O)[O-])ccc1I)C1CC1. The van der Waals surface area contributed by atoms with Crippen LogP contribution in [0.2, 0.25) is 0 Å². The van der Waals surface area contributed by atoms with E-state index >= 15 is 0 Å². The van der Waals surface area contributed by atoms with Gasteiger partial charge < -0.3 is 5.32 Å². The second-order valence-corrected chi connectivity index (χ2v) is 5.68. The first-order chi connectivity index (χ1) is 8.49. The fraction of sp³-hybridized carbons (Fsp3) is 0.417. The van der Waals surface area contributed by atoms with Crippen molar-refractivity contribution in [1.29, 1.82) is 0 Å². The molecular formula is C12H13IN2O3. The average Bonchev–Trinajstić information content (AvgIpc) is 3.12. The Morgan fingerprint density at radius 1 is 1.56 bits per heavy atom. The molecule has 1 aromatic carbocycles. The number of nitro benzene ring substituents is 1. The molecule has 1 amide bonds. The van der Waals surface area contributed by atoms with Gasteiger partial charge in [0.05, 0.1) is 10.5 Å². The number of carbonyl (C=O) groups is 1. The number of nitrogens with zero attached hydrogens (tertiary/aromatic N) is 1. The van der Waals surface area contributed by atoms with Gasteiger partial charge in [-0.15, -0.1) is 0 Å². The Hall–Kier alpha value is -1.18. The van der Waals surface area contributed by atoms with Crippen molar-refractivity contribution in [2.45, 2.75) is 25.8 Å². The summed E-state index contributed by atoms with van der Waals surface area (Å²) in [6.45, 7) is 1.97. The van der Waals surface area contributed by atoms with Gasteiger partial charge in [0.25, 0.3) is 11.6 Å². The third-order valence-corrected chi connectivity index (χ3v) is 4.03. The lowest BCUT2D eigenvalue weighted by Crippen LogP contribution is -2.34. The summed E-state index contributed by atoms with van der Waals surface area (Å²) in [5.74, 6) is 0.327. The zero-order valence-corrected chi connectivity index (χ0v) is 12.0. The van der Waals surface area contributed by atoms with Gasteiger partial charge >= 0.3 is 0 Å². The predicted octanol–water partition coefficient (Wildman–Crippen LogP) is 2.73. The highest BCUT2D eigenvalue weighted by Crippen LogP contribution is 2.32. The molecule has 1 aromatic rings. The van der Waals surface area contributed by atoms with Crippen LogP contribution >= 0.6 is 22.6 Å². The fourth-order valence-corrected chi connectivity index (χ4v) is 2.38. The van der Waals surface area contributed by atoms with Gasteiger partial charge in [-0.25, -0.2) is 0 Å². The van der Waals surface area contributed by atoms with E-state index in [-0.39, 0.29) is 17.6 Å². The maximum atomic E-state index is 12.0. The van der Waals surface area contributed by atoms with Crippen molar-refractivity contribution in [3.8, 4) is 0 Å². The summed E-state index contributed by atoms with van der Waals surface area (Å²) in [4.78, 5) is 22.3. The fourth-order valence-electron chi connectivity index (χ4n) is 1.80. The smallest absolute Gasteiger partial charge is 0.270 e. The van der Waals surface area contributed by atoms with Crippen molar-refractivity contribution in [3.05, 3.63) is 37.4 Å². The molecule has 0 aromatic heterocycles. The summed E-state index contributed by atoms with van der Waals surface area (Å²) < 4.78 is 0.721. The van der Waals surface area contributed by atoms with Crippen LogP contribution in [0.15, 0.2) is 18.2 Å². The van der Waals surface area contributed by atoms with Crippen LogP contribution in [0.1, 0.15) is 30.1 Å². The number of rotatable bonds is 4. The minimum absolute atomic E-state index is 0.0559. The van der Waals surface area contributed by atoms with Crippen molar-refractivity contribution in [2.24, 2.45) is 5.92 Å². The molecule has 0 saturated heterocycles. The van der Waals surface area contributed by atoms with Crippen LogP contribution in [0.5, 0.6) is 0 Å². The highest BCUT2D eigenvalue weighted by atomic mass is 127. The predicted molar refractivity (Wildman–Crippen MR) is 75.5 cm³/mol. The average molecular weight is 360 g/mol. The lowest BCUT2D eigenvalue weighted by Gasteiger charge is -2.13. The van der Waals surface area contributed by atoms with Crippen molar-refractivity contribution >= 4 is 34.2 Å². The molecular weight excluding hydrogens is 347 g/mol. The number of amides is 1. The van der Waals surface area contributed by atoms with Crippen LogP contribution in [0.4, 0.5) is 5.69 Å². The van der Waals surface area contributed by atoms with E-state index in [1.54, 1.807) is 6.07 Å². The molecule has 96 valence electrons. The number of non-ortho nitro benzene ring substituents is 1. The molecule has 6 heteroatoms. The summed E-state index contributed by atoms with van der Waals surface area (Å²) in [7, 11) is 0. The number of hydrogen-bond acceptors (Lipinski definition) is 3. The highest BCUT2D eigenvalue weighted by Gasteiger charge is 2.29. The Bertz CT molecular complexity index is 500. The maximum Gasteiger partial charge on any atom is 0.270 e. The van der Waals surface area contributed by atoms with Crippen LogP contribution in [-0.2, 0) is 0 Å². The zero-order chi connectivity index (χ0) is 13.3. The molecule has 1 atom stereocenters. The van der Waals surface area contributed by atoms with E-state index in [2.05, 4.69) is 5.32 Å². The third-order valence-electron chi connectivity index (χ3n) is 3.09. The van der Waals surface area contributed by atoms with Crippen LogP contribution in [0, 0.1) is 19.6 Å². The molecule has 1 saturated carbocycles. The first kappa shape index (κ1) is 13.3. The Labute approximate surface area is 118 Å². The minimum Gasteiger partial charge on any atom is -0.349 e. The van der Waals surface area contributed by atoms with Crippen molar-refractivity contribution in [3.63, 3.8) is 0 Å². The normalized spacial score (nSPS) is 16.1. The van der Waals surface area contributed by atoms with E-state index in [1.165, 1.54) is 12.1 Å². The quantitative estimate of drug-likeness (QED) is 0.510. The molecule has 0 bridgehead atoms. The number of carbonyl (C=O) groups excluding carboxylic acids is 1. The highest BCUT2D eigenvalue weighted by molar-refractivity contribution is 14.1. The lowest BCUT2D eigenvalue weighted by atomic mass is 10.1. The molecule has 0 radical (unpaired) electrons. The molecule has 5 nitrogen and oxygen atoms in total. The number of halogens is 1. The molecule has 0 aliphatic heterocycles. The van der Waals surface area contributed by atoms with E-state index in [0.717, 1.165) is 16.4 Å². The molecule has 1 N–H and O–H groups in total. The van der Waals surface area contributed by atoms with Gasteiger partial charge in [0, 0.05) is 21.7 Å². The topological polar surface area (TPSA) is 72.2 Å². The van der Waals surface area contributed by atoms with Crippen molar-refractivity contribution < 1.29 is 9.72 Å². The van der Waals surface area contributed by atoms with Crippen LogP contribution in [-0.4, -0.2) is 16.9 Å². The van der Waals surface area contributed by atoms with Crippen molar-refractivity contribution in [1.82, 2.24) is 5.32 Å². The van der Waals surface area contributed by atoms with Gasteiger partial charge in [0.2, 0.25) is 0 Å². The second kappa shape index (κ2) is 5.21. The Balaban J connectivity index is 2.17. The van der Waals surface area contributed by atoms with Crippen molar-refractivity contribution in [2.75, 3.05) is 0 Å². The second-order valence-electron chi connectivity index (χ2n) is 4.52. The number of benzene rings is 1. The van der Waals surface area contributed by atoms with Gasteiger partial charge in [-0.3, -0.25) is 14.9 Å². The van der Waals surface area contributed by atoms with Gasteiger partial charge in [-0.1, -0.05) is 0 Å². The summed E-state index contributed by atoms with van der Waals surface area (Å²) in [5, 5.41) is 13.6. The third kappa shape index (κ3) is 2.98. The number of nitro groups is 1. The first-order valence-electron chi connectivity index (χ1n) is 5.74. The van der Waals surface area contributed by atoms with Gasteiger partial charge in [0.15, 0.2) is 0 Å². The molecule has 1 aliphatic carbocycles. The van der Waals surface area contributed by atoms with Crippen LogP contribution in [0.3, 0.4) is 0 Å². The molecule has 1 fully saturated rings. The van der Waals surface area contributed by atoms with Crippen LogP contribution in [0.25, 0.3) is 0 Å². The summed E-state index contributed by atoms with van der Waals surface area (Å²) >= 11 is 2.01. The lowest BCUT2D eigenvalue weighted by molar-refractivity contribution is -0.384. The largest absolute Gasteiger partial charge is 0.349 e. The standard InChI is InChI=1S/C12H13IN2O3/c1-7(8-2-3-8)14-12(16)10-6-9(15(17)18)4-5-11(10)13/h4-8H,2-3H2,1H3,(H,14,16). The first-order valence-corrected chi connectivity index (χ1v) is 6.81. The van der Waals surface area contributed by atoms with Crippen LogP contribution < -0.4 is 5.32 Å². The number of hydrogen-bond donors (Lipinski definition) is 1. The monoisotopic (exact) mass is 360 g/mol. The zero-order valence-electron chi connectivity index (χ0n) is 9.85. The molecule has 18 heavy (non-hydrogen) atoms. The van der Waals surface area contributed by atoms with E-state index in [4.69, 9.17) is 0 Å². The summed E-state index contributed by atoms with van der Waals surface area (Å²) in [5.41, 5.74) is 0.317. The van der Waals surface area contributed by atoms with Gasteiger partial charge in [-0.05, 0) is 54.3 Å². The Kier molecular flexibility index (Phi) is 3.84. The van der Waals surface area contributed by atoms with E-state index < -0.39 is 4.92 Å². The summed E-state index contributed by atoms with van der Waals surface area (Å²) in [6.07, 6.45) is 2.29. The molecule has 0 spiro atoms. The Morgan fingerprint density at radius 2 is 2.22 bits per heavy atom. The minimum atomic E-state index is -0.489. The molecule has 0 heterocycles. The Morgan fingerprint density at radius 3 is 2.78 bits per heavy atom. The van der Waals surface area contributed by atoms with E-state index in [1.807, 2.05) is 29.5 Å². The maximum absolute atomic E-state index is 12.0. The number of nitrogens with one attached hydrogen (secondary N) is 1. The van der Waals surface area contributed by atoms with Gasteiger partial charge in [-0.2, -0.15) is 0 Å². The van der Waals surface area contributed by atoms with E-state index in [9.17, 15) is 14.9 Å². The summed E-state index contributed by atoms with van der Waals surface area (Å²) in [6, 6.07) is 4.46. The molecule has 1 aliphatic rings. The van der Waals surface area contributed by atoms with E-state index in [0.29, 0.717) is 11.5 Å².